The van der Waals surface area contributed by atoms with Crippen LogP contribution in [0, 0.1) is 0 Å². The average molecular weight is 273 g/mol. The van der Waals surface area contributed by atoms with Crippen molar-refractivity contribution in [1.82, 2.24) is 20.8 Å². The van der Waals surface area contributed by atoms with Crippen molar-refractivity contribution in [3.05, 3.63) is 5.89 Å². The number of amides is 3. The summed E-state index contributed by atoms with van der Waals surface area (Å²) in [6.07, 6.45) is 0. The minimum atomic E-state index is -0.524. The number of rotatable bonds is 5. The molecule has 4 N–H and O–H groups in total. The van der Waals surface area contributed by atoms with Gasteiger partial charge >= 0.3 is 6.03 Å². The smallest absolute Gasteiger partial charge is 0.321 e. The van der Waals surface area contributed by atoms with Crippen molar-refractivity contribution >= 4 is 23.7 Å². The summed E-state index contributed by atoms with van der Waals surface area (Å²) in [6.45, 7) is 3.74. The maximum Gasteiger partial charge on any atom is 0.321 e. The van der Waals surface area contributed by atoms with E-state index in [1.807, 2.05) is 0 Å². The van der Waals surface area contributed by atoms with Crippen LogP contribution in [0.4, 0.5) is 4.79 Å². The van der Waals surface area contributed by atoms with Crippen molar-refractivity contribution in [2.45, 2.75) is 31.7 Å². The first-order valence-electron chi connectivity index (χ1n) is 5.27. The van der Waals surface area contributed by atoms with Gasteiger partial charge in [0.05, 0.1) is 12.3 Å². The SMILES string of the molecule is CC(C)NC(=O)NC(=O)CSc1nnc(CN)o1. The predicted octanol–water partition coefficient (Wildman–Crippen LogP) is -0.145. The van der Waals surface area contributed by atoms with Crippen LogP contribution in [0.2, 0.25) is 0 Å². The second kappa shape index (κ2) is 6.97. The first-order valence-corrected chi connectivity index (χ1v) is 6.25. The highest BCUT2D eigenvalue weighted by molar-refractivity contribution is 7.99. The van der Waals surface area contributed by atoms with Gasteiger partial charge < -0.3 is 15.5 Å². The molecule has 0 saturated heterocycles. The van der Waals surface area contributed by atoms with Crippen LogP contribution < -0.4 is 16.4 Å². The molecular weight excluding hydrogens is 258 g/mol. The van der Waals surface area contributed by atoms with Crippen LogP contribution in [0.1, 0.15) is 19.7 Å². The Morgan fingerprint density at radius 2 is 2.17 bits per heavy atom. The zero-order chi connectivity index (χ0) is 13.5. The van der Waals surface area contributed by atoms with E-state index in [2.05, 4.69) is 20.8 Å². The first kappa shape index (κ1) is 14.5. The molecule has 0 radical (unpaired) electrons. The Labute approximate surface area is 108 Å². The zero-order valence-corrected chi connectivity index (χ0v) is 10.9. The van der Waals surface area contributed by atoms with Crippen LogP contribution in [0.3, 0.4) is 0 Å². The van der Waals surface area contributed by atoms with Crippen LogP contribution in [-0.4, -0.2) is 33.9 Å². The van der Waals surface area contributed by atoms with E-state index in [0.717, 1.165) is 11.8 Å². The number of aromatic nitrogens is 2. The van der Waals surface area contributed by atoms with Gasteiger partial charge in [-0.05, 0) is 13.8 Å². The normalized spacial score (nSPS) is 10.4. The third-order valence-corrected chi connectivity index (χ3v) is 2.44. The second-order valence-electron chi connectivity index (χ2n) is 3.63. The molecular formula is C9H15N5O3S. The Morgan fingerprint density at radius 3 is 2.72 bits per heavy atom. The van der Waals surface area contributed by atoms with Crippen LogP contribution in [-0.2, 0) is 11.3 Å². The third-order valence-electron chi connectivity index (χ3n) is 1.62. The molecule has 9 heteroatoms. The number of carbonyl (C=O) groups excluding carboxylic acids is 2. The van der Waals surface area contributed by atoms with E-state index in [9.17, 15) is 9.59 Å². The minimum absolute atomic E-state index is 0.0116. The highest BCUT2D eigenvalue weighted by Crippen LogP contribution is 2.15. The van der Waals surface area contributed by atoms with E-state index in [1.54, 1.807) is 13.8 Å². The van der Waals surface area contributed by atoms with E-state index in [0.29, 0.717) is 5.89 Å². The zero-order valence-electron chi connectivity index (χ0n) is 10.1. The summed E-state index contributed by atoms with van der Waals surface area (Å²) in [5.41, 5.74) is 5.29. The van der Waals surface area contributed by atoms with Crippen molar-refractivity contribution in [2.24, 2.45) is 5.73 Å². The fourth-order valence-electron chi connectivity index (χ4n) is 0.967. The van der Waals surface area contributed by atoms with Crippen LogP contribution in [0.5, 0.6) is 0 Å². The molecule has 8 nitrogen and oxygen atoms in total. The topological polar surface area (TPSA) is 123 Å². The summed E-state index contributed by atoms with van der Waals surface area (Å²) in [4.78, 5) is 22.6. The van der Waals surface area contributed by atoms with Gasteiger partial charge in [0.1, 0.15) is 0 Å². The highest BCUT2D eigenvalue weighted by Gasteiger charge is 2.11. The van der Waals surface area contributed by atoms with Crippen LogP contribution >= 0.6 is 11.8 Å². The molecule has 0 atom stereocenters. The lowest BCUT2D eigenvalue weighted by molar-refractivity contribution is -0.117. The Morgan fingerprint density at radius 1 is 1.44 bits per heavy atom. The molecule has 1 heterocycles. The van der Waals surface area contributed by atoms with E-state index >= 15 is 0 Å². The molecule has 1 rings (SSSR count). The summed E-state index contributed by atoms with van der Waals surface area (Å²) in [5.74, 6) is -0.126. The number of nitrogens with zero attached hydrogens (tertiary/aromatic N) is 2. The number of hydrogen-bond acceptors (Lipinski definition) is 7. The van der Waals surface area contributed by atoms with Gasteiger partial charge in [-0.25, -0.2) is 4.79 Å². The molecule has 0 unspecified atom stereocenters. The number of hydrogen-bond donors (Lipinski definition) is 3. The molecule has 0 spiro atoms. The number of nitrogens with one attached hydrogen (secondary N) is 2. The highest BCUT2D eigenvalue weighted by atomic mass is 32.2. The van der Waals surface area contributed by atoms with Gasteiger partial charge in [0.15, 0.2) is 0 Å². The van der Waals surface area contributed by atoms with Gasteiger partial charge in [0.25, 0.3) is 5.22 Å². The maximum absolute atomic E-state index is 11.4. The quantitative estimate of drug-likeness (QED) is 0.637. The molecule has 0 aliphatic heterocycles. The number of imide groups is 1. The molecule has 0 aliphatic carbocycles. The van der Waals surface area contributed by atoms with Crippen LogP contribution in [0.25, 0.3) is 0 Å². The summed E-state index contributed by atoms with van der Waals surface area (Å²) >= 11 is 1.04. The van der Waals surface area contributed by atoms with E-state index in [1.165, 1.54) is 0 Å². The lowest BCUT2D eigenvalue weighted by Crippen LogP contribution is -2.43. The monoisotopic (exact) mass is 273 g/mol. The summed E-state index contributed by atoms with van der Waals surface area (Å²) in [5, 5.41) is 12.3. The Hall–Kier alpha value is -1.61. The maximum atomic E-state index is 11.4. The van der Waals surface area contributed by atoms with Crippen LogP contribution in [0.15, 0.2) is 9.64 Å². The Balaban J connectivity index is 2.30. The molecule has 1 aromatic heterocycles. The van der Waals surface area contributed by atoms with Crippen molar-refractivity contribution < 1.29 is 14.0 Å². The third kappa shape index (κ3) is 5.15. The molecule has 0 saturated carbocycles. The Bertz CT molecular complexity index is 420. The van der Waals surface area contributed by atoms with Gasteiger partial charge in [-0.1, -0.05) is 11.8 Å². The standard InChI is InChI=1S/C9H15N5O3S/c1-5(2)11-8(16)12-6(15)4-18-9-14-13-7(3-10)17-9/h5H,3-4,10H2,1-2H3,(H2,11,12,15,16). The molecule has 0 aromatic carbocycles. The molecule has 0 fully saturated rings. The van der Waals surface area contributed by atoms with Gasteiger partial charge in [-0.3, -0.25) is 10.1 Å². The van der Waals surface area contributed by atoms with E-state index in [4.69, 9.17) is 10.2 Å². The number of carbonyl (C=O) groups is 2. The fourth-order valence-corrected chi connectivity index (χ4v) is 1.55. The molecule has 18 heavy (non-hydrogen) atoms. The van der Waals surface area contributed by atoms with E-state index < -0.39 is 11.9 Å². The molecule has 100 valence electrons. The average Bonchev–Trinajstić information content (AvgIpc) is 2.72. The summed E-state index contributed by atoms with van der Waals surface area (Å²) in [6, 6.07) is -0.558. The van der Waals surface area contributed by atoms with Gasteiger partial charge in [-0.15, -0.1) is 10.2 Å². The van der Waals surface area contributed by atoms with Crippen molar-refractivity contribution in [3.63, 3.8) is 0 Å². The van der Waals surface area contributed by atoms with Gasteiger partial charge in [0.2, 0.25) is 11.8 Å². The molecule has 3 amide bonds. The van der Waals surface area contributed by atoms with Gasteiger partial charge in [-0.2, -0.15) is 0 Å². The summed E-state index contributed by atoms with van der Waals surface area (Å²) < 4.78 is 5.09. The number of urea groups is 1. The number of thioether (sulfide) groups is 1. The fraction of sp³-hybridized carbons (Fsp3) is 0.556. The number of nitrogens with two attached hydrogens (primary N) is 1. The molecule has 1 aromatic rings. The lowest BCUT2D eigenvalue weighted by Gasteiger charge is -2.08. The van der Waals surface area contributed by atoms with E-state index in [-0.39, 0.29) is 23.6 Å². The molecule has 0 bridgehead atoms. The van der Waals surface area contributed by atoms with Crippen molar-refractivity contribution in [1.29, 1.82) is 0 Å². The molecule has 0 aliphatic rings. The predicted molar refractivity (Wildman–Crippen MR) is 64.7 cm³/mol. The summed E-state index contributed by atoms with van der Waals surface area (Å²) in [7, 11) is 0. The largest absolute Gasteiger partial charge is 0.415 e. The van der Waals surface area contributed by atoms with Crippen molar-refractivity contribution in [3.8, 4) is 0 Å². The Kier molecular flexibility index (Phi) is 5.59. The van der Waals surface area contributed by atoms with Crippen molar-refractivity contribution in [2.75, 3.05) is 5.75 Å². The second-order valence-corrected chi connectivity index (χ2v) is 4.56. The van der Waals surface area contributed by atoms with Gasteiger partial charge in [0, 0.05) is 6.04 Å². The lowest BCUT2D eigenvalue weighted by atomic mass is 10.4. The minimum Gasteiger partial charge on any atom is -0.415 e. The first-order chi connectivity index (χ1) is 8.51.